The third-order valence-corrected chi connectivity index (χ3v) is 7.32. The van der Waals surface area contributed by atoms with Gasteiger partial charge >= 0.3 is 0 Å². The summed E-state index contributed by atoms with van der Waals surface area (Å²) in [5, 5.41) is 2.56. The first-order valence-corrected chi connectivity index (χ1v) is 11.1. The van der Waals surface area contributed by atoms with Crippen LogP contribution in [0.25, 0.3) is 5.69 Å². The summed E-state index contributed by atoms with van der Waals surface area (Å²) in [7, 11) is 1.18. The van der Waals surface area contributed by atoms with Crippen molar-refractivity contribution in [1.82, 2.24) is 14.5 Å². The number of hydrogen-bond donors (Lipinski definition) is 0. The third kappa shape index (κ3) is 3.51. The minimum absolute atomic E-state index is 0.802. The highest BCUT2D eigenvalue weighted by Gasteiger charge is 2.24. The van der Waals surface area contributed by atoms with E-state index in [1.165, 1.54) is 10.6 Å². The molecule has 0 spiro atoms. The molecule has 5 rings (SSSR count). The summed E-state index contributed by atoms with van der Waals surface area (Å²) in [5.74, 6) is 0. The Morgan fingerprint density at radius 2 is 1.33 bits per heavy atom. The molecule has 0 bridgehead atoms. The van der Waals surface area contributed by atoms with E-state index in [1.54, 1.807) is 0 Å². The Bertz CT molecular complexity index is 1110. The molecule has 2 radical (unpaired) electrons. The molecule has 0 saturated carbocycles. The van der Waals surface area contributed by atoms with Crippen molar-refractivity contribution in [3.8, 4) is 5.69 Å². The minimum atomic E-state index is -0.802. The van der Waals surface area contributed by atoms with Crippen molar-refractivity contribution in [2.75, 3.05) is 11.9 Å². The summed E-state index contributed by atoms with van der Waals surface area (Å²) in [6.45, 7) is 3.31. The van der Waals surface area contributed by atoms with Crippen LogP contribution in [-0.4, -0.2) is 21.5 Å². The van der Waals surface area contributed by atoms with Crippen LogP contribution in [0.3, 0.4) is 0 Å². The average molecular weight is 408 g/mol. The number of nitrogens with zero attached hydrogens (tertiary/aromatic N) is 4. The van der Waals surface area contributed by atoms with Crippen LogP contribution in [0.2, 0.25) is 0 Å². The largest absolute Gasteiger partial charge is 0.349 e. The van der Waals surface area contributed by atoms with Crippen LogP contribution in [0, 0.1) is 6.67 Å². The number of rotatable bonds is 5. The molecule has 0 saturated heterocycles. The van der Waals surface area contributed by atoms with E-state index in [9.17, 15) is 0 Å². The van der Waals surface area contributed by atoms with Gasteiger partial charge in [0.2, 0.25) is 6.67 Å². The van der Waals surface area contributed by atoms with Gasteiger partial charge < -0.3 is 9.80 Å². The summed E-state index contributed by atoms with van der Waals surface area (Å²) in [4.78, 5) is 8.80. The highest BCUT2D eigenvalue weighted by Crippen LogP contribution is 2.35. The van der Waals surface area contributed by atoms with E-state index in [0.717, 1.165) is 16.9 Å². The molecular weight excluding hydrogens is 387 g/mol. The predicted octanol–water partition coefficient (Wildman–Crippen LogP) is 3.85. The zero-order chi connectivity index (χ0) is 20.3. The van der Waals surface area contributed by atoms with Crippen LogP contribution in [0.4, 0.5) is 5.69 Å². The van der Waals surface area contributed by atoms with Crippen LogP contribution in [0.1, 0.15) is 0 Å². The fraction of sp³-hybridized carbons (Fsp3) is 0.0400. The second kappa shape index (κ2) is 8.17. The molecule has 4 nitrogen and oxygen atoms in total. The molecule has 5 heteroatoms. The Labute approximate surface area is 178 Å². The third-order valence-electron chi connectivity index (χ3n) is 4.96. The maximum atomic E-state index is 4.85. The van der Waals surface area contributed by atoms with Crippen molar-refractivity contribution in [1.29, 1.82) is 0 Å². The molecule has 146 valence electrons. The highest BCUT2D eigenvalue weighted by atomic mass is 31.1. The van der Waals surface area contributed by atoms with Gasteiger partial charge in [0, 0.05) is 39.8 Å². The lowest BCUT2D eigenvalue weighted by molar-refractivity contribution is 0.574. The van der Waals surface area contributed by atoms with E-state index in [4.69, 9.17) is 4.98 Å². The maximum Gasteiger partial charge on any atom is 0.212 e. The first kappa shape index (κ1) is 18.7. The molecule has 0 amide bonds. The molecule has 0 fully saturated rings. The Hall–Kier alpha value is -3.36. The average Bonchev–Trinajstić information content (AvgIpc) is 3.45. The first-order valence-electron chi connectivity index (χ1n) is 9.81. The van der Waals surface area contributed by atoms with Crippen LogP contribution in [0.5, 0.6) is 0 Å². The fourth-order valence-electron chi connectivity index (χ4n) is 3.59. The smallest absolute Gasteiger partial charge is 0.212 e. The Balaban J connectivity index is 1.65. The summed E-state index contributed by atoms with van der Waals surface area (Å²) >= 11 is 0. The second-order valence-corrected chi connectivity index (χ2v) is 9.08. The normalized spacial score (nSPS) is 13.4. The van der Waals surface area contributed by atoms with Gasteiger partial charge in [-0.3, -0.25) is 4.57 Å². The number of anilines is 1. The van der Waals surface area contributed by atoms with Gasteiger partial charge in [0.15, 0.2) is 0 Å². The van der Waals surface area contributed by atoms with Gasteiger partial charge in [0.1, 0.15) is 5.57 Å². The first-order chi connectivity index (χ1) is 14.8. The van der Waals surface area contributed by atoms with E-state index < -0.39 is 7.92 Å². The lowest BCUT2D eigenvalue weighted by atomic mass is 10.2. The number of aromatic nitrogens is 2. The SMILES string of the molecule is CN1[C]N(c2ccccc2-n2ccnc2P(c2ccccc2)c2ccccc2)C=C1. The maximum absolute atomic E-state index is 4.85. The number of imidazole rings is 1. The van der Waals surface area contributed by atoms with Crippen LogP contribution < -0.4 is 21.1 Å². The summed E-state index contributed by atoms with van der Waals surface area (Å²) < 4.78 is 2.22. The van der Waals surface area contributed by atoms with Gasteiger partial charge in [-0.1, -0.05) is 72.8 Å². The lowest BCUT2D eigenvalue weighted by Crippen LogP contribution is -2.28. The minimum Gasteiger partial charge on any atom is -0.349 e. The number of benzene rings is 3. The zero-order valence-electron chi connectivity index (χ0n) is 16.6. The van der Waals surface area contributed by atoms with Crippen molar-refractivity contribution in [3.05, 3.63) is 116 Å². The van der Waals surface area contributed by atoms with Crippen LogP contribution in [-0.2, 0) is 0 Å². The molecule has 4 aromatic rings. The fourth-order valence-corrected chi connectivity index (χ4v) is 5.86. The summed E-state index contributed by atoms with van der Waals surface area (Å²) in [6.07, 6.45) is 7.96. The highest BCUT2D eigenvalue weighted by molar-refractivity contribution is 7.79. The van der Waals surface area contributed by atoms with E-state index in [2.05, 4.69) is 102 Å². The van der Waals surface area contributed by atoms with Gasteiger partial charge in [-0.15, -0.1) is 0 Å². The molecule has 1 aliphatic heterocycles. The van der Waals surface area contributed by atoms with Crippen molar-refractivity contribution in [3.63, 3.8) is 0 Å². The van der Waals surface area contributed by atoms with E-state index in [0.29, 0.717) is 0 Å². The van der Waals surface area contributed by atoms with Gasteiger partial charge in [-0.2, -0.15) is 0 Å². The van der Waals surface area contributed by atoms with Gasteiger partial charge in [-0.25, -0.2) is 4.98 Å². The van der Waals surface area contributed by atoms with E-state index in [-0.39, 0.29) is 0 Å². The summed E-state index contributed by atoms with van der Waals surface area (Å²) in [6, 6.07) is 29.7. The summed E-state index contributed by atoms with van der Waals surface area (Å²) in [5.41, 5.74) is 3.19. The van der Waals surface area contributed by atoms with Gasteiger partial charge in [0.25, 0.3) is 0 Å². The lowest BCUT2D eigenvalue weighted by Gasteiger charge is -2.23. The molecule has 0 N–H and O–H groups in total. The molecular formula is C25H21N4P. The van der Waals surface area contributed by atoms with Gasteiger partial charge in [-0.05, 0) is 22.7 Å². The van der Waals surface area contributed by atoms with Gasteiger partial charge in [0.05, 0.1) is 11.4 Å². The monoisotopic (exact) mass is 408 g/mol. The Morgan fingerprint density at radius 3 is 1.93 bits per heavy atom. The zero-order valence-corrected chi connectivity index (χ0v) is 17.5. The quantitative estimate of drug-likeness (QED) is 0.469. The van der Waals surface area contributed by atoms with E-state index >= 15 is 0 Å². The molecule has 1 aromatic heterocycles. The standard InChI is InChI=1S/C25H21N4P/c1-27-18-19-28(20-27)23-14-8-9-15-24(23)29-17-16-26-25(29)30(21-10-4-2-5-11-21)22-12-6-3-7-13-22/h2-19H,1H3. The number of hydrogen-bond acceptors (Lipinski definition) is 3. The van der Waals surface area contributed by atoms with Crippen molar-refractivity contribution in [2.45, 2.75) is 0 Å². The molecule has 0 atom stereocenters. The molecule has 30 heavy (non-hydrogen) atoms. The van der Waals surface area contributed by atoms with Crippen molar-refractivity contribution < 1.29 is 0 Å². The number of para-hydroxylation sites is 2. The van der Waals surface area contributed by atoms with Crippen molar-refractivity contribution >= 4 is 29.8 Å². The Morgan fingerprint density at radius 1 is 0.733 bits per heavy atom. The second-order valence-electron chi connectivity index (χ2n) is 6.97. The van der Waals surface area contributed by atoms with Crippen molar-refractivity contribution in [2.24, 2.45) is 0 Å². The molecule has 0 aliphatic carbocycles. The molecule has 0 unspecified atom stereocenters. The van der Waals surface area contributed by atoms with Crippen LogP contribution in [0.15, 0.2) is 110 Å². The topological polar surface area (TPSA) is 24.3 Å². The van der Waals surface area contributed by atoms with Crippen LogP contribution >= 0.6 is 7.92 Å². The molecule has 1 aliphatic rings. The van der Waals surface area contributed by atoms with E-state index in [1.807, 2.05) is 35.4 Å². The Kier molecular flexibility index (Phi) is 5.08. The molecule has 3 aromatic carbocycles. The molecule has 2 heterocycles. The predicted molar refractivity (Wildman–Crippen MR) is 125 cm³/mol.